The third-order valence-corrected chi connectivity index (χ3v) is 4.15. The zero-order valence-corrected chi connectivity index (χ0v) is 15.2. The van der Waals surface area contributed by atoms with E-state index >= 15 is 0 Å². The number of aliphatic hydroxyl groups is 1. The third kappa shape index (κ3) is 3.91. The third-order valence-electron chi connectivity index (χ3n) is 4.15. The average Bonchev–Trinajstić information content (AvgIpc) is 2.96. The highest BCUT2D eigenvalue weighted by molar-refractivity contribution is 6.06. The molecule has 0 saturated carbocycles. The predicted molar refractivity (Wildman–Crippen MR) is 98.1 cm³/mol. The van der Waals surface area contributed by atoms with Crippen LogP contribution in [0.25, 0.3) is 21.9 Å². The standard InChI is InChI=1S/C19H25N3O3/c1-12-17-18(22-15(21-17)8-10-24-4)16-13(20-12)6-5-7-14(16)25-11-9-19(2,3)23/h5-7,23H,8-11H2,1-4H3,(H,21,22). The zero-order chi connectivity index (χ0) is 18.0. The molecule has 0 unspecified atom stereocenters. The fraction of sp³-hybridized carbons (Fsp3) is 0.474. The molecule has 0 fully saturated rings. The largest absolute Gasteiger partial charge is 0.493 e. The van der Waals surface area contributed by atoms with Crippen molar-refractivity contribution >= 4 is 21.9 Å². The molecule has 0 aliphatic carbocycles. The number of imidazole rings is 1. The number of aromatic nitrogens is 3. The SMILES string of the molecule is COCCc1nc2c(C)nc3cccc(OCCC(C)(C)O)c3c2[nH]1. The van der Waals surface area contributed by atoms with E-state index in [1.165, 1.54) is 0 Å². The van der Waals surface area contributed by atoms with Gasteiger partial charge in [0, 0.05) is 20.0 Å². The number of nitrogens with zero attached hydrogens (tertiary/aromatic N) is 2. The summed E-state index contributed by atoms with van der Waals surface area (Å²) < 4.78 is 11.1. The molecule has 3 rings (SSSR count). The number of nitrogens with one attached hydrogen (secondary N) is 1. The van der Waals surface area contributed by atoms with Crippen LogP contribution in [0.15, 0.2) is 18.2 Å². The number of H-pyrrole nitrogens is 1. The van der Waals surface area contributed by atoms with E-state index in [1.807, 2.05) is 25.1 Å². The smallest absolute Gasteiger partial charge is 0.130 e. The first kappa shape index (κ1) is 17.6. The quantitative estimate of drug-likeness (QED) is 0.689. The van der Waals surface area contributed by atoms with Crippen molar-refractivity contribution in [1.29, 1.82) is 0 Å². The van der Waals surface area contributed by atoms with E-state index in [-0.39, 0.29) is 0 Å². The molecule has 0 aliphatic heterocycles. The Labute approximate surface area is 147 Å². The normalized spacial score (nSPS) is 12.2. The maximum atomic E-state index is 9.88. The number of rotatable bonds is 7. The van der Waals surface area contributed by atoms with Gasteiger partial charge in [-0.25, -0.2) is 4.98 Å². The number of ether oxygens (including phenoxy) is 2. The van der Waals surface area contributed by atoms with Crippen molar-refractivity contribution in [2.75, 3.05) is 20.3 Å². The van der Waals surface area contributed by atoms with Crippen molar-refractivity contribution < 1.29 is 14.6 Å². The van der Waals surface area contributed by atoms with Crippen LogP contribution in [0.1, 0.15) is 31.8 Å². The number of benzene rings is 1. The lowest BCUT2D eigenvalue weighted by molar-refractivity contribution is 0.0556. The molecule has 0 radical (unpaired) electrons. The minimum absolute atomic E-state index is 0.433. The van der Waals surface area contributed by atoms with Gasteiger partial charge in [-0.1, -0.05) is 6.07 Å². The van der Waals surface area contributed by atoms with Crippen molar-refractivity contribution in [3.05, 3.63) is 29.7 Å². The van der Waals surface area contributed by atoms with Gasteiger partial charge < -0.3 is 19.6 Å². The highest BCUT2D eigenvalue weighted by atomic mass is 16.5. The first-order valence-corrected chi connectivity index (χ1v) is 8.51. The first-order valence-electron chi connectivity index (χ1n) is 8.51. The fourth-order valence-electron chi connectivity index (χ4n) is 2.81. The van der Waals surface area contributed by atoms with Crippen molar-refractivity contribution in [2.24, 2.45) is 0 Å². The van der Waals surface area contributed by atoms with Crippen LogP contribution < -0.4 is 4.74 Å². The minimum atomic E-state index is -0.754. The molecular formula is C19H25N3O3. The van der Waals surface area contributed by atoms with Gasteiger partial charge >= 0.3 is 0 Å². The fourth-order valence-corrected chi connectivity index (χ4v) is 2.81. The summed E-state index contributed by atoms with van der Waals surface area (Å²) in [5, 5.41) is 10.8. The zero-order valence-electron chi connectivity index (χ0n) is 15.2. The maximum Gasteiger partial charge on any atom is 0.130 e. The van der Waals surface area contributed by atoms with Gasteiger partial charge in [0.1, 0.15) is 17.1 Å². The van der Waals surface area contributed by atoms with Crippen LogP contribution in [0.3, 0.4) is 0 Å². The number of hydrogen-bond donors (Lipinski definition) is 2. The molecule has 134 valence electrons. The van der Waals surface area contributed by atoms with Gasteiger partial charge in [0.15, 0.2) is 0 Å². The number of hydrogen-bond acceptors (Lipinski definition) is 5. The average molecular weight is 343 g/mol. The second kappa shape index (κ2) is 6.98. The molecule has 6 heteroatoms. The van der Waals surface area contributed by atoms with Gasteiger partial charge in [-0.3, -0.25) is 4.98 Å². The Morgan fingerprint density at radius 3 is 2.72 bits per heavy atom. The van der Waals surface area contributed by atoms with Gasteiger partial charge in [-0.2, -0.15) is 0 Å². The van der Waals surface area contributed by atoms with Crippen LogP contribution in [-0.2, 0) is 11.2 Å². The molecule has 0 aliphatic rings. The lowest BCUT2D eigenvalue weighted by atomic mass is 10.1. The molecular weight excluding hydrogens is 318 g/mol. The van der Waals surface area contributed by atoms with E-state index in [1.54, 1.807) is 21.0 Å². The van der Waals surface area contributed by atoms with E-state index in [0.29, 0.717) is 26.1 Å². The van der Waals surface area contributed by atoms with Gasteiger partial charge in [0.25, 0.3) is 0 Å². The number of pyridine rings is 1. The van der Waals surface area contributed by atoms with Gasteiger partial charge in [-0.05, 0) is 32.9 Å². The summed E-state index contributed by atoms with van der Waals surface area (Å²) in [4.78, 5) is 12.7. The van der Waals surface area contributed by atoms with Crippen molar-refractivity contribution in [2.45, 2.75) is 39.2 Å². The van der Waals surface area contributed by atoms with Gasteiger partial charge in [0.05, 0.1) is 40.9 Å². The molecule has 2 N–H and O–H groups in total. The van der Waals surface area contributed by atoms with Crippen LogP contribution in [-0.4, -0.2) is 46.0 Å². The number of fused-ring (bicyclic) bond motifs is 3. The summed E-state index contributed by atoms with van der Waals surface area (Å²) >= 11 is 0. The molecule has 0 amide bonds. The second-order valence-corrected chi connectivity index (χ2v) is 6.91. The Bertz CT molecular complexity index is 881. The van der Waals surface area contributed by atoms with E-state index in [9.17, 15) is 5.11 Å². The Hall–Kier alpha value is -2.18. The minimum Gasteiger partial charge on any atom is -0.493 e. The van der Waals surface area contributed by atoms with Crippen LogP contribution in [0.5, 0.6) is 5.75 Å². The predicted octanol–water partition coefficient (Wildman–Crippen LogP) is 3.15. The molecule has 0 atom stereocenters. The van der Waals surface area contributed by atoms with E-state index < -0.39 is 5.60 Å². The Balaban J connectivity index is 2.04. The molecule has 0 spiro atoms. The maximum absolute atomic E-state index is 9.88. The summed E-state index contributed by atoms with van der Waals surface area (Å²) in [7, 11) is 1.68. The van der Waals surface area contributed by atoms with Crippen molar-refractivity contribution in [3.8, 4) is 5.75 Å². The summed E-state index contributed by atoms with van der Waals surface area (Å²) in [6.07, 6.45) is 1.27. The monoisotopic (exact) mass is 343 g/mol. The van der Waals surface area contributed by atoms with Crippen LogP contribution >= 0.6 is 0 Å². The number of aromatic amines is 1. The summed E-state index contributed by atoms with van der Waals surface area (Å²) in [5.41, 5.74) is 2.80. The van der Waals surface area contributed by atoms with E-state index in [4.69, 9.17) is 9.47 Å². The molecule has 1 aromatic carbocycles. The van der Waals surface area contributed by atoms with Crippen LogP contribution in [0.4, 0.5) is 0 Å². The number of methoxy groups -OCH3 is 1. The Kier molecular flexibility index (Phi) is 4.92. The van der Waals surface area contributed by atoms with Crippen LogP contribution in [0.2, 0.25) is 0 Å². The Morgan fingerprint density at radius 1 is 1.20 bits per heavy atom. The summed E-state index contributed by atoms with van der Waals surface area (Å²) in [6.45, 7) is 6.56. The lowest BCUT2D eigenvalue weighted by Gasteiger charge is -2.17. The van der Waals surface area contributed by atoms with Crippen LogP contribution in [0, 0.1) is 6.92 Å². The molecule has 6 nitrogen and oxygen atoms in total. The molecule has 3 aromatic rings. The summed E-state index contributed by atoms with van der Waals surface area (Å²) in [6, 6.07) is 5.83. The number of aryl methyl sites for hydroxylation is 1. The Morgan fingerprint density at radius 2 is 2.00 bits per heavy atom. The van der Waals surface area contributed by atoms with E-state index in [2.05, 4.69) is 15.0 Å². The van der Waals surface area contributed by atoms with E-state index in [0.717, 1.165) is 39.2 Å². The molecule has 25 heavy (non-hydrogen) atoms. The molecule has 0 saturated heterocycles. The topological polar surface area (TPSA) is 80.3 Å². The van der Waals surface area contributed by atoms with Crippen molar-refractivity contribution in [3.63, 3.8) is 0 Å². The second-order valence-electron chi connectivity index (χ2n) is 6.91. The van der Waals surface area contributed by atoms with Crippen molar-refractivity contribution in [1.82, 2.24) is 15.0 Å². The molecule has 2 aromatic heterocycles. The van der Waals surface area contributed by atoms with Gasteiger partial charge in [-0.15, -0.1) is 0 Å². The first-order chi connectivity index (χ1) is 11.9. The lowest BCUT2D eigenvalue weighted by Crippen LogP contribution is -2.21. The highest BCUT2D eigenvalue weighted by Crippen LogP contribution is 2.32. The molecule has 0 bridgehead atoms. The molecule has 2 heterocycles. The van der Waals surface area contributed by atoms with Gasteiger partial charge in [0.2, 0.25) is 0 Å². The summed E-state index contributed by atoms with van der Waals surface area (Å²) in [5.74, 6) is 1.63. The highest BCUT2D eigenvalue weighted by Gasteiger charge is 2.16.